The van der Waals surface area contributed by atoms with Crippen molar-refractivity contribution in [2.45, 2.75) is 44.8 Å². The van der Waals surface area contributed by atoms with Crippen molar-refractivity contribution >= 4 is 11.9 Å². The SMILES string of the molecule is O=C(O)c1cn(CC(=O)N(Cc2cc(F)ccc2F)C2CCCC2)nn1. The lowest BCUT2D eigenvalue weighted by molar-refractivity contribution is -0.135. The summed E-state index contributed by atoms with van der Waals surface area (Å²) in [5.41, 5.74) is -0.156. The maximum Gasteiger partial charge on any atom is 0.358 e. The average molecular weight is 364 g/mol. The van der Waals surface area contributed by atoms with Crippen LogP contribution >= 0.6 is 0 Å². The average Bonchev–Trinajstić information content (AvgIpc) is 3.27. The van der Waals surface area contributed by atoms with Crippen molar-refractivity contribution in [3.63, 3.8) is 0 Å². The van der Waals surface area contributed by atoms with E-state index in [0.29, 0.717) is 0 Å². The standard InChI is InChI=1S/C17H18F2N4O3/c18-12-5-6-14(19)11(7-12)8-23(13-3-1-2-4-13)16(24)10-22-9-15(17(25)26)20-21-22/h5-7,9,13H,1-4,8,10H2,(H,25,26). The fourth-order valence-electron chi connectivity index (χ4n) is 3.19. The first-order chi connectivity index (χ1) is 12.4. The molecule has 7 nitrogen and oxygen atoms in total. The predicted molar refractivity (Wildman–Crippen MR) is 86.1 cm³/mol. The maximum atomic E-state index is 14.0. The molecule has 0 atom stereocenters. The fourth-order valence-corrected chi connectivity index (χ4v) is 3.19. The molecule has 1 aromatic heterocycles. The van der Waals surface area contributed by atoms with Gasteiger partial charge in [-0.15, -0.1) is 5.10 Å². The second-order valence-electron chi connectivity index (χ2n) is 6.30. The van der Waals surface area contributed by atoms with Crippen LogP contribution in [0.25, 0.3) is 0 Å². The minimum atomic E-state index is -1.24. The summed E-state index contributed by atoms with van der Waals surface area (Å²) in [6, 6.07) is 3.09. The smallest absolute Gasteiger partial charge is 0.358 e. The zero-order chi connectivity index (χ0) is 18.7. The van der Waals surface area contributed by atoms with Crippen molar-refractivity contribution < 1.29 is 23.5 Å². The number of hydrogen-bond acceptors (Lipinski definition) is 4. The molecule has 1 aromatic carbocycles. The van der Waals surface area contributed by atoms with E-state index in [9.17, 15) is 18.4 Å². The van der Waals surface area contributed by atoms with Crippen LogP contribution in [0.2, 0.25) is 0 Å². The summed E-state index contributed by atoms with van der Waals surface area (Å²) in [7, 11) is 0. The topological polar surface area (TPSA) is 88.3 Å². The second-order valence-corrected chi connectivity index (χ2v) is 6.30. The van der Waals surface area contributed by atoms with Crippen LogP contribution in [0.5, 0.6) is 0 Å². The van der Waals surface area contributed by atoms with Gasteiger partial charge in [0.15, 0.2) is 5.69 Å². The van der Waals surface area contributed by atoms with Crippen molar-refractivity contribution in [3.05, 3.63) is 47.3 Å². The zero-order valence-corrected chi connectivity index (χ0v) is 13.9. The highest BCUT2D eigenvalue weighted by Crippen LogP contribution is 2.26. The first-order valence-electron chi connectivity index (χ1n) is 8.31. The normalized spacial score (nSPS) is 14.5. The van der Waals surface area contributed by atoms with E-state index in [1.807, 2.05) is 0 Å². The van der Waals surface area contributed by atoms with Gasteiger partial charge in [-0.2, -0.15) is 0 Å². The number of carboxylic acid groups (broad SMARTS) is 1. The van der Waals surface area contributed by atoms with Gasteiger partial charge < -0.3 is 10.0 Å². The summed E-state index contributed by atoms with van der Waals surface area (Å²) in [6.07, 6.45) is 4.68. The Balaban J connectivity index is 1.79. The Morgan fingerprint density at radius 3 is 2.65 bits per heavy atom. The Labute approximate surface area is 148 Å². The minimum Gasteiger partial charge on any atom is -0.476 e. The van der Waals surface area contributed by atoms with E-state index in [4.69, 9.17) is 5.11 Å². The molecule has 1 amide bonds. The molecule has 9 heteroatoms. The van der Waals surface area contributed by atoms with Gasteiger partial charge in [0.25, 0.3) is 0 Å². The highest BCUT2D eigenvalue weighted by molar-refractivity contribution is 5.84. The Morgan fingerprint density at radius 2 is 2.00 bits per heavy atom. The Kier molecular flexibility index (Phi) is 5.24. The Morgan fingerprint density at radius 1 is 1.27 bits per heavy atom. The third kappa shape index (κ3) is 4.04. The van der Waals surface area contributed by atoms with Crippen LogP contribution in [0.3, 0.4) is 0 Å². The van der Waals surface area contributed by atoms with Crippen molar-refractivity contribution in [3.8, 4) is 0 Å². The molecule has 0 radical (unpaired) electrons. The van der Waals surface area contributed by atoms with Crippen LogP contribution in [0.4, 0.5) is 8.78 Å². The van der Waals surface area contributed by atoms with Crippen molar-refractivity contribution in [1.29, 1.82) is 0 Å². The molecule has 0 bridgehead atoms. The van der Waals surface area contributed by atoms with E-state index in [-0.39, 0.29) is 36.3 Å². The highest BCUT2D eigenvalue weighted by Gasteiger charge is 2.28. The van der Waals surface area contributed by atoms with Crippen LogP contribution in [-0.2, 0) is 17.9 Å². The summed E-state index contributed by atoms with van der Waals surface area (Å²) >= 11 is 0. The van der Waals surface area contributed by atoms with Crippen LogP contribution in [0.1, 0.15) is 41.7 Å². The number of rotatable bonds is 6. The molecule has 1 fully saturated rings. The van der Waals surface area contributed by atoms with Gasteiger partial charge in [0, 0.05) is 18.2 Å². The van der Waals surface area contributed by atoms with Gasteiger partial charge in [-0.25, -0.2) is 18.3 Å². The van der Waals surface area contributed by atoms with E-state index in [0.717, 1.165) is 54.8 Å². The van der Waals surface area contributed by atoms with Crippen molar-refractivity contribution in [2.75, 3.05) is 0 Å². The van der Waals surface area contributed by atoms with Crippen LogP contribution in [0.15, 0.2) is 24.4 Å². The number of halogens is 2. The van der Waals surface area contributed by atoms with Crippen molar-refractivity contribution in [2.24, 2.45) is 0 Å². The van der Waals surface area contributed by atoms with Gasteiger partial charge in [-0.05, 0) is 31.0 Å². The third-order valence-corrected chi connectivity index (χ3v) is 4.49. The maximum absolute atomic E-state index is 14.0. The summed E-state index contributed by atoms with van der Waals surface area (Å²) in [5.74, 6) is -2.72. The van der Waals surface area contributed by atoms with E-state index < -0.39 is 17.6 Å². The molecule has 0 aliphatic heterocycles. The number of carboxylic acids is 1. The van der Waals surface area contributed by atoms with Crippen LogP contribution < -0.4 is 0 Å². The lowest BCUT2D eigenvalue weighted by atomic mass is 10.1. The molecule has 1 saturated carbocycles. The summed E-state index contributed by atoms with van der Waals surface area (Å²) in [4.78, 5) is 25.1. The number of carbonyl (C=O) groups is 2. The minimum absolute atomic E-state index is 0.0480. The molecule has 0 spiro atoms. The second kappa shape index (κ2) is 7.59. The number of aromatic carboxylic acids is 1. The molecule has 1 aliphatic carbocycles. The van der Waals surface area contributed by atoms with E-state index in [1.54, 1.807) is 0 Å². The van der Waals surface area contributed by atoms with Gasteiger partial charge in [0.2, 0.25) is 5.91 Å². The molecule has 0 saturated heterocycles. The zero-order valence-electron chi connectivity index (χ0n) is 13.9. The van der Waals surface area contributed by atoms with E-state index in [2.05, 4.69) is 10.3 Å². The van der Waals surface area contributed by atoms with Crippen LogP contribution in [0, 0.1) is 11.6 Å². The lowest BCUT2D eigenvalue weighted by Crippen LogP contribution is -2.40. The predicted octanol–water partition coefficient (Wildman–Crippen LogP) is 2.23. The van der Waals surface area contributed by atoms with E-state index in [1.165, 1.54) is 4.90 Å². The number of amides is 1. The number of aromatic nitrogens is 3. The fraction of sp³-hybridized carbons (Fsp3) is 0.412. The molecular formula is C17H18F2N4O3. The first kappa shape index (κ1) is 18.0. The van der Waals surface area contributed by atoms with Gasteiger partial charge in [-0.1, -0.05) is 18.1 Å². The van der Waals surface area contributed by atoms with Gasteiger partial charge in [-0.3, -0.25) is 4.79 Å². The monoisotopic (exact) mass is 364 g/mol. The Bertz CT molecular complexity index is 818. The van der Waals surface area contributed by atoms with Gasteiger partial charge in [0.05, 0.1) is 6.20 Å². The summed E-state index contributed by atoms with van der Waals surface area (Å²) in [6.45, 7) is -0.263. The van der Waals surface area contributed by atoms with E-state index >= 15 is 0 Å². The molecule has 138 valence electrons. The quantitative estimate of drug-likeness (QED) is 0.849. The molecule has 1 N–H and O–H groups in total. The Hall–Kier alpha value is -2.84. The highest BCUT2D eigenvalue weighted by atomic mass is 19.1. The third-order valence-electron chi connectivity index (χ3n) is 4.49. The number of benzene rings is 1. The van der Waals surface area contributed by atoms with Crippen molar-refractivity contribution in [1.82, 2.24) is 19.9 Å². The molecule has 1 aliphatic rings. The first-order valence-corrected chi connectivity index (χ1v) is 8.31. The summed E-state index contributed by atoms with van der Waals surface area (Å²) in [5, 5.41) is 16.0. The van der Waals surface area contributed by atoms with Gasteiger partial charge >= 0.3 is 5.97 Å². The van der Waals surface area contributed by atoms with Gasteiger partial charge in [0.1, 0.15) is 18.2 Å². The lowest BCUT2D eigenvalue weighted by Gasteiger charge is -2.29. The molecule has 0 unspecified atom stereocenters. The molecule has 1 heterocycles. The number of carbonyl (C=O) groups excluding carboxylic acids is 1. The number of nitrogens with zero attached hydrogens (tertiary/aromatic N) is 4. The molecule has 26 heavy (non-hydrogen) atoms. The molecule has 3 rings (SSSR count). The summed E-state index contributed by atoms with van der Waals surface area (Å²) < 4.78 is 28.6. The largest absolute Gasteiger partial charge is 0.476 e. The molecule has 2 aromatic rings. The number of hydrogen-bond donors (Lipinski definition) is 1. The molecular weight excluding hydrogens is 346 g/mol. The van der Waals surface area contributed by atoms with Crippen LogP contribution in [-0.4, -0.2) is 42.9 Å².